The van der Waals surface area contributed by atoms with Crippen LogP contribution in [-0.2, 0) is 0 Å². The van der Waals surface area contributed by atoms with E-state index >= 15 is 0 Å². The van der Waals surface area contributed by atoms with E-state index < -0.39 is 23.2 Å². The van der Waals surface area contributed by atoms with Gasteiger partial charge in [-0.05, 0) is 67.1 Å². The van der Waals surface area contributed by atoms with Crippen molar-refractivity contribution in [1.29, 1.82) is 0 Å². The fraction of sp³-hybridized carbons (Fsp3) is 1.00. The van der Waals surface area contributed by atoms with Gasteiger partial charge in [-0.3, -0.25) is 0 Å². The molecule has 4 fully saturated rings. The lowest BCUT2D eigenvalue weighted by molar-refractivity contribution is -0.227. The molecule has 2 bridgehead atoms. The molecule has 4 saturated carbocycles. The summed E-state index contributed by atoms with van der Waals surface area (Å²) in [4.78, 5) is 0. The molecule has 0 unspecified atom stereocenters. The summed E-state index contributed by atoms with van der Waals surface area (Å²) >= 11 is 0. The molecule has 0 saturated heterocycles. The normalized spacial score (nSPS) is 58.9. The van der Waals surface area contributed by atoms with Gasteiger partial charge in [0.25, 0.3) is 0 Å². The van der Waals surface area contributed by atoms with E-state index in [-0.39, 0.29) is 29.3 Å². The van der Waals surface area contributed by atoms with Crippen molar-refractivity contribution in [2.75, 3.05) is 6.61 Å². The molecule has 0 heterocycles. The predicted octanol–water partition coefficient (Wildman–Crippen LogP) is 2.08. The molecule has 0 aromatic carbocycles. The molecule has 4 nitrogen and oxygen atoms in total. The molecule has 4 rings (SSSR count). The fourth-order valence-electron chi connectivity index (χ4n) is 8.11. The van der Waals surface area contributed by atoms with E-state index in [1.165, 1.54) is 12.8 Å². The van der Waals surface area contributed by atoms with E-state index in [9.17, 15) is 20.4 Å². The van der Waals surface area contributed by atoms with E-state index in [4.69, 9.17) is 0 Å². The van der Waals surface area contributed by atoms with Crippen molar-refractivity contribution < 1.29 is 20.4 Å². The van der Waals surface area contributed by atoms with Gasteiger partial charge in [-0.15, -0.1) is 0 Å². The number of rotatable bonds is 1. The largest absolute Gasteiger partial charge is 0.393 e. The average molecular weight is 338 g/mol. The first-order chi connectivity index (χ1) is 11.1. The summed E-state index contributed by atoms with van der Waals surface area (Å²) in [6.45, 7) is 6.70. The van der Waals surface area contributed by atoms with Crippen molar-refractivity contribution in [3.8, 4) is 0 Å². The summed E-state index contributed by atoms with van der Waals surface area (Å²) in [7, 11) is 0. The van der Waals surface area contributed by atoms with Crippen LogP contribution in [0, 0.1) is 34.0 Å². The summed E-state index contributed by atoms with van der Waals surface area (Å²) < 4.78 is 0. The Labute approximate surface area is 145 Å². The summed E-state index contributed by atoms with van der Waals surface area (Å²) in [6.07, 6.45) is 4.97. The monoisotopic (exact) mass is 338 g/mol. The Kier molecular flexibility index (Phi) is 3.57. The Morgan fingerprint density at radius 3 is 2.42 bits per heavy atom. The van der Waals surface area contributed by atoms with Crippen molar-refractivity contribution >= 4 is 0 Å². The van der Waals surface area contributed by atoms with Gasteiger partial charge in [0.2, 0.25) is 0 Å². The van der Waals surface area contributed by atoms with E-state index in [1.54, 1.807) is 0 Å². The Morgan fingerprint density at radius 1 is 1.04 bits per heavy atom. The molecule has 4 aliphatic rings. The lowest BCUT2D eigenvalue weighted by Crippen LogP contribution is -2.64. The van der Waals surface area contributed by atoms with Gasteiger partial charge >= 0.3 is 0 Å². The molecule has 0 radical (unpaired) electrons. The molecule has 0 aromatic rings. The highest BCUT2D eigenvalue weighted by Crippen LogP contribution is 2.72. The smallest absolute Gasteiger partial charge is 0.0912 e. The zero-order valence-corrected chi connectivity index (χ0v) is 15.3. The lowest BCUT2D eigenvalue weighted by atomic mass is 9.40. The lowest BCUT2D eigenvalue weighted by Gasteiger charge is -2.66. The molecule has 1 spiro atoms. The van der Waals surface area contributed by atoms with Crippen LogP contribution in [0.3, 0.4) is 0 Å². The average Bonchev–Trinajstić information content (AvgIpc) is 2.71. The van der Waals surface area contributed by atoms with Gasteiger partial charge < -0.3 is 20.4 Å². The molecule has 138 valence electrons. The Bertz CT molecular complexity index is 534. The van der Waals surface area contributed by atoms with Crippen LogP contribution in [0.15, 0.2) is 0 Å². The first kappa shape index (κ1) is 17.3. The summed E-state index contributed by atoms with van der Waals surface area (Å²) in [6, 6.07) is 0. The minimum atomic E-state index is -1.13. The van der Waals surface area contributed by atoms with Gasteiger partial charge in [-0.25, -0.2) is 0 Å². The molecule has 4 aliphatic carbocycles. The molecule has 8 atom stereocenters. The van der Waals surface area contributed by atoms with Crippen molar-refractivity contribution in [3.05, 3.63) is 0 Å². The summed E-state index contributed by atoms with van der Waals surface area (Å²) in [5.74, 6) is 0.327. The van der Waals surface area contributed by atoms with Crippen molar-refractivity contribution in [2.45, 2.75) is 83.5 Å². The first-order valence-electron chi connectivity index (χ1n) is 9.78. The van der Waals surface area contributed by atoms with Crippen molar-refractivity contribution in [1.82, 2.24) is 0 Å². The van der Waals surface area contributed by atoms with Crippen molar-refractivity contribution in [3.63, 3.8) is 0 Å². The van der Waals surface area contributed by atoms with Crippen LogP contribution in [0.5, 0.6) is 0 Å². The third-order valence-electron chi connectivity index (χ3n) is 8.93. The second kappa shape index (κ2) is 4.97. The maximum atomic E-state index is 11.2. The van der Waals surface area contributed by atoms with Crippen LogP contribution in [0.25, 0.3) is 0 Å². The van der Waals surface area contributed by atoms with Crippen molar-refractivity contribution in [2.24, 2.45) is 34.0 Å². The number of aliphatic hydroxyl groups excluding tert-OH is 3. The molecule has 0 aromatic heterocycles. The second-order valence-corrected chi connectivity index (χ2v) is 10.5. The van der Waals surface area contributed by atoms with E-state index in [1.807, 2.05) is 0 Å². The van der Waals surface area contributed by atoms with E-state index in [0.29, 0.717) is 18.8 Å². The van der Waals surface area contributed by atoms with Crippen LogP contribution in [0.1, 0.15) is 65.7 Å². The highest BCUT2D eigenvalue weighted by atomic mass is 16.3. The maximum absolute atomic E-state index is 11.2. The summed E-state index contributed by atoms with van der Waals surface area (Å²) in [5.41, 5.74) is -1.38. The second-order valence-electron chi connectivity index (χ2n) is 10.5. The van der Waals surface area contributed by atoms with Crippen LogP contribution in [0.2, 0.25) is 0 Å². The highest BCUT2D eigenvalue weighted by molar-refractivity contribution is 5.21. The third kappa shape index (κ3) is 1.94. The molecular formula is C20H34O4. The zero-order chi connectivity index (χ0) is 17.5. The molecule has 0 amide bonds. The maximum Gasteiger partial charge on any atom is 0.0912 e. The molecule has 4 heteroatoms. The van der Waals surface area contributed by atoms with Gasteiger partial charge in [-0.1, -0.05) is 27.2 Å². The molecule has 4 N–H and O–H groups in total. The van der Waals surface area contributed by atoms with E-state index in [2.05, 4.69) is 20.8 Å². The molecule has 24 heavy (non-hydrogen) atoms. The van der Waals surface area contributed by atoms with Crippen LogP contribution in [0.4, 0.5) is 0 Å². The zero-order valence-electron chi connectivity index (χ0n) is 15.3. The minimum Gasteiger partial charge on any atom is -0.393 e. The van der Waals surface area contributed by atoms with Crippen LogP contribution >= 0.6 is 0 Å². The Hall–Kier alpha value is -0.160. The Balaban J connectivity index is 1.81. The number of hydrogen-bond donors (Lipinski definition) is 4. The summed E-state index contributed by atoms with van der Waals surface area (Å²) in [5, 5.41) is 43.1. The van der Waals surface area contributed by atoms with Gasteiger partial charge in [0, 0.05) is 5.41 Å². The van der Waals surface area contributed by atoms with E-state index in [0.717, 1.165) is 19.3 Å². The standard InChI is InChI=1S/C20H34O4/c1-17(2)5-4-6-18(3)14(17)8-15(23)19-9-12(7-13(22)16(18)19)20(24,10-19)11-21/h12-16,21-24H,4-11H2,1-3H3/t12-,13+,14-,15+,16+,18-,19+,20+/m1/s1. The quantitative estimate of drug-likeness (QED) is 0.590. The topological polar surface area (TPSA) is 80.9 Å². The third-order valence-corrected chi connectivity index (χ3v) is 8.93. The predicted molar refractivity (Wildman–Crippen MR) is 91.2 cm³/mol. The van der Waals surface area contributed by atoms with Gasteiger partial charge in [0.15, 0.2) is 0 Å². The van der Waals surface area contributed by atoms with Gasteiger partial charge in [-0.2, -0.15) is 0 Å². The van der Waals surface area contributed by atoms with Gasteiger partial charge in [0.05, 0.1) is 24.4 Å². The number of aliphatic hydroxyl groups is 4. The first-order valence-corrected chi connectivity index (χ1v) is 9.78. The SMILES string of the molecule is CC1(C)CCC[C@]2(C)[C@@H]1C[C@H](O)[C@@]13C[C@@H](C[C@H](O)[C@@H]21)[C@@](O)(CO)C3. The highest BCUT2D eigenvalue weighted by Gasteiger charge is 2.72. The van der Waals surface area contributed by atoms with Crippen LogP contribution < -0.4 is 0 Å². The van der Waals surface area contributed by atoms with Gasteiger partial charge in [0.1, 0.15) is 0 Å². The molecule has 0 aliphatic heterocycles. The van der Waals surface area contributed by atoms with Crippen LogP contribution in [-0.4, -0.2) is 44.8 Å². The molecular weight excluding hydrogens is 304 g/mol. The number of hydrogen-bond acceptors (Lipinski definition) is 4. The number of fused-ring (bicyclic) bond motifs is 3. The minimum absolute atomic E-state index is 0.00602. The fourth-order valence-corrected chi connectivity index (χ4v) is 8.11. The Morgan fingerprint density at radius 2 is 1.75 bits per heavy atom.